The number of hydrogen-bond acceptors (Lipinski definition) is 3. The summed E-state index contributed by atoms with van der Waals surface area (Å²) in [4.78, 5) is 27.9. The van der Waals surface area contributed by atoms with Crippen LogP contribution in [0, 0.1) is 89.8 Å². The van der Waals surface area contributed by atoms with Crippen molar-refractivity contribution in [2.24, 2.45) is 51.2 Å². The minimum absolute atomic E-state index is 0.0223. The zero-order valence-corrected chi connectivity index (χ0v) is 34.7. The molecule has 296 valence electrons. The van der Waals surface area contributed by atoms with Gasteiger partial charge in [-0.25, -0.2) is 4.79 Å². The normalized spacial score (nSPS) is 34.9. The monoisotopic (exact) mass is 738 g/mol. The molecule has 1 amide bonds. The van der Waals surface area contributed by atoms with E-state index >= 15 is 0 Å². The van der Waals surface area contributed by atoms with Gasteiger partial charge < -0.3 is 15.1 Å². The summed E-state index contributed by atoms with van der Waals surface area (Å²) in [6, 6.07) is 7.57. The van der Waals surface area contributed by atoms with Crippen LogP contribution in [0.5, 0.6) is 0 Å². The van der Waals surface area contributed by atoms with E-state index in [0.29, 0.717) is 46.5 Å². The summed E-state index contributed by atoms with van der Waals surface area (Å²) in [6.07, 6.45) is 42.1. The van der Waals surface area contributed by atoms with Crippen LogP contribution in [0.3, 0.4) is 0 Å². The highest BCUT2D eigenvalue weighted by atomic mass is 16.4. The molecule has 9 atom stereocenters. The summed E-state index contributed by atoms with van der Waals surface area (Å²) in [5, 5.41) is 19.4. The number of aromatic carboxylic acids is 1. The smallest absolute Gasteiger partial charge is 0.335 e. The Morgan fingerprint density at radius 3 is 2.00 bits per heavy atom. The molecule has 4 unspecified atom stereocenters. The molecular weight excluding hydrogens is 667 g/mol. The van der Waals surface area contributed by atoms with Crippen molar-refractivity contribution in [1.29, 1.82) is 0 Å². The Bertz CT molecular complexity index is 1480. The van der Waals surface area contributed by atoms with E-state index in [2.05, 4.69) is 83.8 Å². The van der Waals surface area contributed by atoms with E-state index < -0.39 is 5.97 Å². The van der Waals surface area contributed by atoms with Crippen LogP contribution in [-0.4, -0.2) is 46.2 Å². The molecule has 6 aliphatic rings. The van der Waals surface area contributed by atoms with Crippen molar-refractivity contribution in [3.05, 3.63) is 54.1 Å². The first-order valence-electron chi connectivity index (χ1n) is 20.4. The summed E-state index contributed by atoms with van der Waals surface area (Å²) < 4.78 is 0. The zero-order chi connectivity index (χ0) is 41.1. The molecule has 1 aliphatic heterocycles. The van der Waals surface area contributed by atoms with E-state index in [1.54, 1.807) is 18.2 Å². The van der Waals surface area contributed by atoms with E-state index in [0.717, 1.165) is 38.6 Å². The predicted octanol–water partition coefficient (Wildman–Crippen LogP) is 10.8. The Morgan fingerprint density at radius 1 is 0.815 bits per heavy atom. The average Bonchev–Trinajstić information content (AvgIpc) is 3.86. The number of rotatable bonds is 4. The molecule has 1 aromatic rings. The highest BCUT2D eigenvalue weighted by molar-refractivity contribution is 5.88. The molecule has 1 saturated heterocycles. The number of hydrogen-bond donors (Lipinski definition) is 2. The number of aliphatic hydroxyl groups is 1. The van der Waals surface area contributed by atoms with Crippen molar-refractivity contribution in [2.45, 2.75) is 132 Å². The molecule has 5 nitrogen and oxygen atoms in total. The van der Waals surface area contributed by atoms with Crippen LogP contribution in [-0.2, 0) is 4.79 Å². The first kappa shape index (κ1) is 46.4. The number of likely N-dealkylation sites (tertiary alicyclic amines) is 1. The van der Waals surface area contributed by atoms with Crippen LogP contribution in [0.2, 0.25) is 0 Å². The third-order valence-electron chi connectivity index (χ3n) is 14.8. The fourth-order valence-corrected chi connectivity index (χ4v) is 13.1. The summed E-state index contributed by atoms with van der Waals surface area (Å²) >= 11 is 0. The second-order valence-corrected chi connectivity index (χ2v) is 17.0. The Hall–Kier alpha value is -3.72. The first-order chi connectivity index (χ1) is 25.9. The molecule has 5 fully saturated rings. The maximum Gasteiger partial charge on any atom is 0.335 e. The van der Waals surface area contributed by atoms with Gasteiger partial charge in [0.1, 0.15) is 0 Å². The lowest BCUT2D eigenvalue weighted by Gasteiger charge is -2.68. The maximum atomic E-state index is 14.3. The Kier molecular flexibility index (Phi) is 17.0. The van der Waals surface area contributed by atoms with Crippen molar-refractivity contribution in [1.82, 2.24) is 4.90 Å². The Balaban J connectivity index is 0.000000838. The molecule has 54 heavy (non-hydrogen) atoms. The van der Waals surface area contributed by atoms with Gasteiger partial charge in [0.05, 0.1) is 23.6 Å². The van der Waals surface area contributed by atoms with Gasteiger partial charge in [-0.3, -0.25) is 4.79 Å². The van der Waals surface area contributed by atoms with Crippen LogP contribution in [0.1, 0.15) is 141 Å². The molecule has 2 N–H and O–H groups in total. The molecule has 1 aromatic carbocycles. The first-order valence-corrected chi connectivity index (χ1v) is 20.4. The van der Waals surface area contributed by atoms with Crippen molar-refractivity contribution in [2.75, 3.05) is 13.2 Å². The SMILES string of the molecule is C#C.C#C.C#C.C=CC.CC.CC1(C)C(c2ccc(C(=O)O)cc2)=CC[C@@]2(C)C1CC[C@@]1(C)C3CC[C@@]4(C(=O)N5CCC[C@@H]5CO)CCCC4[C@H]3CCC12. The molecule has 5 heteroatoms. The molecule has 0 bridgehead atoms. The van der Waals surface area contributed by atoms with Crippen LogP contribution in [0.4, 0.5) is 0 Å². The van der Waals surface area contributed by atoms with E-state index in [1.807, 2.05) is 32.9 Å². The summed E-state index contributed by atoms with van der Waals surface area (Å²) in [6.45, 7) is 20.3. The largest absolute Gasteiger partial charge is 0.478 e. The molecule has 0 radical (unpaired) electrons. The van der Waals surface area contributed by atoms with Gasteiger partial charge in [-0.1, -0.05) is 72.2 Å². The second kappa shape index (κ2) is 19.7. The molecule has 0 aromatic heterocycles. The summed E-state index contributed by atoms with van der Waals surface area (Å²) in [5.74, 6) is 2.69. The number of carbonyl (C=O) groups is 2. The highest BCUT2D eigenvalue weighted by Crippen LogP contribution is 2.73. The number of nitrogens with zero attached hydrogens (tertiary/aromatic N) is 1. The topological polar surface area (TPSA) is 77.8 Å². The number of amides is 1. The quantitative estimate of drug-likeness (QED) is 0.238. The standard InChI is InChI=1S/C38H53NO4.C3H6.C2H6.3C2H2/c1-35(2)28(24-9-11-25(12-10-24)33(41)42)15-19-37(4)31(35)17-20-36(3)29-16-21-38(34(43)39-22-6-7-26(39)23-40)18-5-8-30(38)27(29)13-14-32(36)37;1-3-2;4*1-2/h9-12,15,26-27,29-32,40H,5-8,13-14,16-23H2,1-4H3,(H,41,42);3H,1H2,2H3;1-2H3;3*1-2H/t26-,27+,29?,30?,31?,32?,36+,37+,38+;;;;;/m1...../s1. The molecule has 0 spiro atoms. The van der Waals surface area contributed by atoms with Crippen LogP contribution in [0.25, 0.3) is 5.57 Å². The summed E-state index contributed by atoms with van der Waals surface area (Å²) in [5.41, 5.74) is 3.32. The van der Waals surface area contributed by atoms with Crippen LogP contribution >= 0.6 is 0 Å². The minimum atomic E-state index is -0.870. The number of aliphatic hydroxyl groups excluding tert-OH is 1. The third-order valence-corrected chi connectivity index (χ3v) is 14.8. The van der Waals surface area contributed by atoms with Gasteiger partial charge in [0.15, 0.2) is 0 Å². The highest BCUT2D eigenvalue weighted by Gasteiger charge is 2.66. The molecule has 1 heterocycles. The van der Waals surface area contributed by atoms with Crippen LogP contribution < -0.4 is 0 Å². The van der Waals surface area contributed by atoms with Crippen molar-refractivity contribution >= 4 is 17.4 Å². The lowest BCUT2D eigenvalue weighted by Crippen LogP contribution is -2.62. The van der Waals surface area contributed by atoms with Crippen molar-refractivity contribution < 1.29 is 19.8 Å². The number of carboxylic acid groups (broad SMARTS) is 1. The predicted molar refractivity (Wildman–Crippen MR) is 226 cm³/mol. The minimum Gasteiger partial charge on any atom is -0.478 e. The number of carbonyl (C=O) groups excluding carboxylic acids is 1. The second-order valence-electron chi connectivity index (χ2n) is 17.0. The number of allylic oxidation sites excluding steroid dienone is 3. The summed E-state index contributed by atoms with van der Waals surface area (Å²) in [7, 11) is 0. The van der Waals surface area contributed by atoms with Gasteiger partial charge in [-0.2, -0.15) is 0 Å². The average molecular weight is 738 g/mol. The lowest BCUT2D eigenvalue weighted by molar-refractivity contribution is -0.185. The number of benzene rings is 1. The van der Waals surface area contributed by atoms with E-state index in [9.17, 15) is 19.8 Å². The molecule has 7 rings (SSSR count). The fraction of sp³-hybridized carbons (Fsp3) is 0.633. The van der Waals surface area contributed by atoms with Crippen molar-refractivity contribution in [3.63, 3.8) is 0 Å². The maximum absolute atomic E-state index is 14.3. The van der Waals surface area contributed by atoms with Gasteiger partial charge in [0.25, 0.3) is 0 Å². The number of fused-ring (bicyclic) bond motifs is 7. The van der Waals surface area contributed by atoms with Gasteiger partial charge in [0.2, 0.25) is 5.91 Å². The van der Waals surface area contributed by atoms with E-state index in [1.165, 1.54) is 56.1 Å². The van der Waals surface area contributed by atoms with E-state index in [-0.39, 0.29) is 28.9 Å². The molecular formula is C49H71NO4. The van der Waals surface area contributed by atoms with Gasteiger partial charge in [0, 0.05) is 6.54 Å². The van der Waals surface area contributed by atoms with Gasteiger partial charge in [-0.15, -0.1) is 45.1 Å². The van der Waals surface area contributed by atoms with Crippen LogP contribution in [0.15, 0.2) is 43.0 Å². The lowest BCUT2D eigenvalue weighted by atomic mass is 9.36. The Morgan fingerprint density at radius 2 is 1.43 bits per heavy atom. The number of terminal acetylenes is 3. The zero-order valence-electron chi connectivity index (χ0n) is 34.7. The number of carboxylic acids is 1. The van der Waals surface area contributed by atoms with Gasteiger partial charge >= 0.3 is 5.97 Å². The van der Waals surface area contributed by atoms with Crippen molar-refractivity contribution in [3.8, 4) is 38.5 Å². The van der Waals surface area contributed by atoms with E-state index in [4.69, 9.17) is 0 Å². The fourth-order valence-electron chi connectivity index (χ4n) is 13.1. The van der Waals surface area contributed by atoms with Gasteiger partial charge in [-0.05, 0) is 147 Å². The third kappa shape index (κ3) is 7.98. The molecule has 5 aliphatic carbocycles. The Labute approximate surface area is 329 Å². The molecule has 4 saturated carbocycles.